The van der Waals surface area contributed by atoms with Crippen LogP contribution in [0.25, 0.3) is 0 Å². The first kappa shape index (κ1) is 18.1. The zero-order chi connectivity index (χ0) is 13.4. The van der Waals surface area contributed by atoms with Crippen LogP contribution in [0.5, 0.6) is 0 Å². The highest BCUT2D eigenvalue weighted by Crippen LogP contribution is 1.98. The molecule has 0 saturated carbocycles. The van der Waals surface area contributed by atoms with Crippen LogP contribution in [-0.4, -0.2) is 50.2 Å². The van der Waals surface area contributed by atoms with Gasteiger partial charge in [-0.3, -0.25) is 9.59 Å². The Labute approximate surface area is 120 Å². The Morgan fingerprint density at radius 1 is 1.37 bits per heavy atom. The van der Waals surface area contributed by atoms with E-state index in [4.69, 9.17) is 4.74 Å². The molecule has 0 spiro atoms. The molecule has 19 heavy (non-hydrogen) atoms. The number of nitrogens with one attached hydrogen (secondary N) is 3. The van der Waals surface area contributed by atoms with Crippen LogP contribution in [0.3, 0.4) is 0 Å². The van der Waals surface area contributed by atoms with Crippen molar-refractivity contribution in [1.82, 2.24) is 16.0 Å². The maximum absolute atomic E-state index is 11.6. The molecule has 3 N–H and O–H groups in total. The van der Waals surface area contributed by atoms with Crippen LogP contribution < -0.4 is 16.0 Å². The van der Waals surface area contributed by atoms with Gasteiger partial charge in [0.2, 0.25) is 11.8 Å². The van der Waals surface area contributed by atoms with Crippen molar-refractivity contribution in [2.75, 3.05) is 26.3 Å². The molecule has 7 heteroatoms. The second-order valence-electron chi connectivity index (χ2n) is 4.75. The van der Waals surface area contributed by atoms with E-state index >= 15 is 0 Å². The molecular weight excluding hydrogens is 270 g/mol. The second-order valence-corrected chi connectivity index (χ2v) is 4.75. The largest absolute Gasteiger partial charge is 0.378 e. The summed E-state index contributed by atoms with van der Waals surface area (Å²) in [6.07, 6.45) is 0.713. The molecule has 2 amide bonds. The fourth-order valence-electron chi connectivity index (χ4n) is 1.76. The van der Waals surface area contributed by atoms with Crippen LogP contribution in [0.2, 0.25) is 0 Å². The minimum absolute atomic E-state index is 0. The summed E-state index contributed by atoms with van der Waals surface area (Å²) >= 11 is 0. The van der Waals surface area contributed by atoms with E-state index in [1.165, 1.54) is 0 Å². The number of hydrogen-bond acceptors (Lipinski definition) is 4. The number of carbonyl (C=O) groups is 2. The maximum atomic E-state index is 11.6. The van der Waals surface area contributed by atoms with Crippen molar-refractivity contribution in [2.24, 2.45) is 0 Å². The topological polar surface area (TPSA) is 79.5 Å². The third-order valence-electron chi connectivity index (χ3n) is 2.55. The predicted molar refractivity (Wildman–Crippen MR) is 75.4 cm³/mol. The molecule has 1 fully saturated rings. The Balaban J connectivity index is 0.00000324. The normalized spacial score (nSPS) is 18.6. The van der Waals surface area contributed by atoms with Crippen LogP contribution in [0.1, 0.15) is 26.7 Å². The first-order valence-corrected chi connectivity index (χ1v) is 6.45. The van der Waals surface area contributed by atoms with Gasteiger partial charge in [-0.15, -0.1) is 12.4 Å². The summed E-state index contributed by atoms with van der Waals surface area (Å²) in [5.74, 6) is -0.0835. The van der Waals surface area contributed by atoms with Gasteiger partial charge in [0.15, 0.2) is 0 Å². The van der Waals surface area contributed by atoms with Crippen molar-refractivity contribution in [2.45, 2.75) is 38.8 Å². The first-order chi connectivity index (χ1) is 8.58. The van der Waals surface area contributed by atoms with Gasteiger partial charge in [-0.25, -0.2) is 0 Å². The van der Waals surface area contributed by atoms with E-state index in [1.54, 1.807) is 0 Å². The van der Waals surface area contributed by atoms with Gasteiger partial charge in [0.1, 0.15) is 0 Å². The highest BCUT2D eigenvalue weighted by Gasteiger charge is 2.16. The number of halogens is 1. The van der Waals surface area contributed by atoms with Gasteiger partial charge >= 0.3 is 0 Å². The lowest BCUT2D eigenvalue weighted by Gasteiger charge is -2.23. The fraction of sp³-hybridized carbons (Fsp3) is 0.833. The number of ether oxygens (including phenoxy) is 1. The van der Waals surface area contributed by atoms with Crippen molar-refractivity contribution in [3.63, 3.8) is 0 Å². The quantitative estimate of drug-likeness (QED) is 0.635. The molecule has 1 aliphatic heterocycles. The zero-order valence-electron chi connectivity index (χ0n) is 11.5. The summed E-state index contributed by atoms with van der Waals surface area (Å²) in [5.41, 5.74) is 0. The van der Waals surface area contributed by atoms with Crippen LogP contribution in [-0.2, 0) is 14.3 Å². The number of amides is 2. The molecule has 1 saturated heterocycles. The molecule has 1 heterocycles. The van der Waals surface area contributed by atoms with Gasteiger partial charge in [-0.2, -0.15) is 0 Å². The van der Waals surface area contributed by atoms with E-state index in [9.17, 15) is 9.59 Å². The van der Waals surface area contributed by atoms with Crippen molar-refractivity contribution in [1.29, 1.82) is 0 Å². The molecule has 6 nitrogen and oxygen atoms in total. The molecule has 1 unspecified atom stereocenters. The molecule has 1 atom stereocenters. The molecule has 1 aliphatic rings. The molecular formula is C12H24ClN3O3. The lowest BCUT2D eigenvalue weighted by molar-refractivity contribution is -0.123. The van der Waals surface area contributed by atoms with E-state index < -0.39 is 0 Å². The average Bonchev–Trinajstić information content (AvgIpc) is 2.29. The number of carbonyl (C=O) groups excluding carboxylic acids is 2. The molecule has 0 aliphatic carbocycles. The predicted octanol–water partition coefficient (Wildman–Crippen LogP) is -0.182. The zero-order valence-corrected chi connectivity index (χ0v) is 12.3. The van der Waals surface area contributed by atoms with Crippen LogP contribution in [0, 0.1) is 0 Å². The highest BCUT2D eigenvalue weighted by molar-refractivity contribution is 5.85. The van der Waals surface area contributed by atoms with E-state index in [0.29, 0.717) is 32.6 Å². The molecule has 0 aromatic heterocycles. The molecule has 0 bridgehead atoms. The van der Waals surface area contributed by atoms with Crippen molar-refractivity contribution < 1.29 is 14.3 Å². The minimum atomic E-state index is -0.0460. The molecule has 0 radical (unpaired) electrons. The minimum Gasteiger partial charge on any atom is -0.378 e. The van der Waals surface area contributed by atoms with Gasteiger partial charge in [0.25, 0.3) is 0 Å². The van der Waals surface area contributed by atoms with Crippen molar-refractivity contribution >= 4 is 24.2 Å². The third kappa shape index (κ3) is 8.80. The maximum Gasteiger partial charge on any atom is 0.221 e. The average molecular weight is 294 g/mol. The summed E-state index contributed by atoms with van der Waals surface area (Å²) in [5, 5.41) is 8.72. The smallest absolute Gasteiger partial charge is 0.221 e. The SMILES string of the molecule is CC(C)NC(=O)CCNC(=O)CC1COCCN1.Cl. The number of hydrogen-bond donors (Lipinski definition) is 3. The van der Waals surface area contributed by atoms with E-state index in [1.807, 2.05) is 13.8 Å². The monoisotopic (exact) mass is 293 g/mol. The van der Waals surface area contributed by atoms with Gasteiger partial charge in [-0.05, 0) is 13.8 Å². The van der Waals surface area contributed by atoms with Gasteiger partial charge in [0.05, 0.1) is 13.2 Å². The summed E-state index contributed by atoms with van der Waals surface area (Å²) in [6, 6.07) is 0.222. The van der Waals surface area contributed by atoms with Crippen LogP contribution in [0.4, 0.5) is 0 Å². The van der Waals surface area contributed by atoms with Gasteiger partial charge in [-0.1, -0.05) is 0 Å². The van der Waals surface area contributed by atoms with Crippen molar-refractivity contribution in [3.05, 3.63) is 0 Å². The lowest BCUT2D eigenvalue weighted by atomic mass is 10.2. The Bertz CT molecular complexity index is 281. The number of rotatable bonds is 6. The summed E-state index contributed by atoms with van der Waals surface area (Å²) in [4.78, 5) is 22.9. The van der Waals surface area contributed by atoms with E-state index in [0.717, 1.165) is 6.54 Å². The third-order valence-corrected chi connectivity index (χ3v) is 2.55. The van der Waals surface area contributed by atoms with E-state index in [-0.39, 0.29) is 36.3 Å². The standard InChI is InChI=1S/C12H23N3O3.ClH/c1-9(2)15-11(16)3-4-14-12(17)7-10-8-18-6-5-13-10;/h9-10,13H,3-8H2,1-2H3,(H,14,17)(H,15,16);1H. The van der Waals surface area contributed by atoms with E-state index in [2.05, 4.69) is 16.0 Å². The summed E-state index contributed by atoms with van der Waals surface area (Å²) < 4.78 is 5.26. The highest BCUT2D eigenvalue weighted by atomic mass is 35.5. The second kappa shape index (κ2) is 10.00. The summed E-state index contributed by atoms with van der Waals surface area (Å²) in [6.45, 7) is 6.25. The summed E-state index contributed by atoms with van der Waals surface area (Å²) in [7, 11) is 0. The Morgan fingerprint density at radius 3 is 2.68 bits per heavy atom. The first-order valence-electron chi connectivity index (χ1n) is 6.45. The van der Waals surface area contributed by atoms with Gasteiger partial charge in [0, 0.05) is 38.0 Å². The molecule has 1 rings (SSSR count). The molecule has 0 aromatic carbocycles. The Morgan fingerprint density at radius 2 is 2.11 bits per heavy atom. The fourth-order valence-corrected chi connectivity index (χ4v) is 1.76. The Kier molecular flexibility index (Phi) is 9.55. The van der Waals surface area contributed by atoms with Crippen LogP contribution >= 0.6 is 12.4 Å². The van der Waals surface area contributed by atoms with Crippen molar-refractivity contribution in [3.8, 4) is 0 Å². The lowest BCUT2D eigenvalue weighted by Crippen LogP contribution is -2.44. The molecule has 112 valence electrons. The number of morpholine rings is 1. The van der Waals surface area contributed by atoms with Gasteiger partial charge < -0.3 is 20.7 Å². The molecule has 0 aromatic rings. The Hall–Kier alpha value is -0.850. The van der Waals surface area contributed by atoms with Crippen LogP contribution in [0.15, 0.2) is 0 Å².